The van der Waals surface area contributed by atoms with Gasteiger partial charge in [0.1, 0.15) is 10.4 Å². The summed E-state index contributed by atoms with van der Waals surface area (Å²) < 4.78 is 17.7. The highest BCUT2D eigenvalue weighted by Crippen LogP contribution is 2.39. The number of imidazole rings is 1. The van der Waals surface area contributed by atoms with E-state index < -0.39 is 0 Å². The van der Waals surface area contributed by atoms with Gasteiger partial charge in [-0.3, -0.25) is 9.13 Å². The predicted molar refractivity (Wildman–Crippen MR) is 113 cm³/mol. The van der Waals surface area contributed by atoms with Gasteiger partial charge in [0.2, 0.25) is 5.95 Å². The Balaban J connectivity index is 1.25. The Labute approximate surface area is 178 Å². The molecule has 0 atom stereocenters. The molecule has 0 unspecified atom stereocenters. The molecule has 8 nitrogen and oxygen atoms in total. The van der Waals surface area contributed by atoms with Gasteiger partial charge in [-0.05, 0) is 53.7 Å². The van der Waals surface area contributed by atoms with Gasteiger partial charge in [0.15, 0.2) is 11.3 Å². The molecule has 0 radical (unpaired) electrons. The maximum absolute atomic E-state index is 13.5. The van der Waals surface area contributed by atoms with Crippen LogP contribution in [0.15, 0.2) is 40.0 Å². The van der Waals surface area contributed by atoms with Gasteiger partial charge in [0, 0.05) is 35.8 Å². The van der Waals surface area contributed by atoms with E-state index in [2.05, 4.69) is 41.2 Å². The van der Waals surface area contributed by atoms with E-state index in [1.807, 2.05) is 0 Å². The molecule has 30 heavy (non-hydrogen) atoms. The summed E-state index contributed by atoms with van der Waals surface area (Å²) in [5.41, 5.74) is 1.81. The van der Waals surface area contributed by atoms with E-state index in [0.717, 1.165) is 31.1 Å². The molecule has 2 fully saturated rings. The lowest BCUT2D eigenvalue weighted by atomic mass is 9.86. The molecule has 0 aliphatic heterocycles. The number of benzene rings is 1. The Hall–Kier alpha value is -2.88. The highest BCUT2D eigenvalue weighted by molar-refractivity contribution is 9.10. The summed E-state index contributed by atoms with van der Waals surface area (Å²) in [6.07, 6.45) is 6.83. The largest absolute Gasteiger partial charge is 0.351 e. The van der Waals surface area contributed by atoms with E-state index in [4.69, 9.17) is 0 Å². The summed E-state index contributed by atoms with van der Waals surface area (Å²) in [7, 11) is 0. The number of hydrogen-bond donors (Lipinski definition) is 1. The minimum Gasteiger partial charge on any atom is -0.351 e. The second kappa shape index (κ2) is 6.56. The van der Waals surface area contributed by atoms with Gasteiger partial charge in [-0.1, -0.05) is 0 Å². The van der Waals surface area contributed by atoms with E-state index in [0.29, 0.717) is 27.4 Å². The maximum Gasteiger partial charge on any atom is 0.332 e. The van der Waals surface area contributed by atoms with Crippen LogP contribution in [0.5, 0.6) is 0 Å². The van der Waals surface area contributed by atoms with Crippen molar-refractivity contribution in [2.45, 2.75) is 43.8 Å². The maximum atomic E-state index is 13.5. The number of nitrogens with zero attached hydrogens (tertiary/aromatic N) is 6. The van der Waals surface area contributed by atoms with Crippen LogP contribution in [0.25, 0.3) is 22.2 Å². The lowest BCUT2D eigenvalue weighted by Gasteiger charge is -2.36. The molecule has 6 rings (SSSR count). The number of aromatic nitrogens is 6. The third-order valence-electron chi connectivity index (χ3n) is 5.84. The van der Waals surface area contributed by atoms with Gasteiger partial charge < -0.3 is 5.32 Å². The van der Waals surface area contributed by atoms with Crippen LogP contribution in [0.3, 0.4) is 0 Å². The van der Waals surface area contributed by atoms with Gasteiger partial charge >= 0.3 is 5.69 Å². The summed E-state index contributed by atoms with van der Waals surface area (Å²) in [4.78, 5) is 30.8. The Kier molecular flexibility index (Phi) is 3.92. The van der Waals surface area contributed by atoms with Crippen molar-refractivity contribution < 1.29 is 4.39 Å². The van der Waals surface area contributed by atoms with Gasteiger partial charge in [-0.15, -0.1) is 0 Å². The van der Waals surface area contributed by atoms with Crippen molar-refractivity contribution in [2.24, 2.45) is 0 Å². The first-order valence-electron chi connectivity index (χ1n) is 9.90. The number of anilines is 1. The van der Waals surface area contributed by atoms with Crippen LogP contribution in [0, 0.1) is 5.82 Å². The third kappa shape index (κ3) is 2.89. The molecule has 4 aromatic rings. The highest BCUT2D eigenvalue weighted by atomic mass is 79.9. The lowest BCUT2D eigenvalue weighted by Crippen LogP contribution is -2.41. The zero-order valence-electron chi connectivity index (χ0n) is 15.8. The van der Waals surface area contributed by atoms with E-state index in [9.17, 15) is 9.18 Å². The Bertz CT molecular complexity index is 1360. The smallest absolute Gasteiger partial charge is 0.332 e. The number of rotatable bonds is 4. The molecule has 152 valence electrons. The molecule has 0 saturated heterocycles. The van der Waals surface area contributed by atoms with E-state index in [1.165, 1.54) is 12.1 Å². The van der Waals surface area contributed by atoms with Crippen LogP contribution in [-0.4, -0.2) is 35.1 Å². The summed E-state index contributed by atoms with van der Waals surface area (Å²) in [5.74, 6) is 0.142. The number of halogens is 2. The molecular weight excluding hydrogens is 453 g/mol. The number of hydrogen-bond acceptors (Lipinski definition) is 6. The second-order valence-electron chi connectivity index (χ2n) is 7.96. The van der Waals surface area contributed by atoms with Gasteiger partial charge in [0.25, 0.3) is 0 Å². The molecule has 0 bridgehead atoms. The molecule has 0 spiro atoms. The van der Waals surface area contributed by atoms with Crippen LogP contribution in [0.4, 0.5) is 10.3 Å². The van der Waals surface area contributed by atoms with Crippen molar-refractivity contribution in [3.8, 4) is 0 Å². The summed E-state index contributed by atoms with van der Waals surface area (Å²) in [6, 6.07) is 4.86. The molecule has 2 saturated carbocycles. The monoisotopic (exact) mass is 469 g/mol. The molecule has 2 aliphatic carbocycles. The average molecular weight is 470 g/mol. The van der Waals surface area contributed by atoms with E-state index in [-0.39, 0.29) is 29.6 Å². The molecular formula is C20H17BrFN7O. The van der Waals surface area contributed by atoms with Gasteiger partial charge in [-0.2, -0.15) is 0 Å². The third-order valence-corrected chi connectivity index (χ3v) is 6.23. The molecule has 1 N–H and O–H groups in total. The van der Waals surface area contributed by atoms with Crippen LogP contribution >= 0.6 is 15.9 Å². The van der Waals surface area contributed by atoms with Crippen molar-refractivity contribution in [3.05, 3.63) is 51.5 Å². The minimum absolute atomic E-state index is 0.0357. The normalized spacial score (nSPS) is 21.1. The van der Waals surface area contributed by atoms with Gasteiger partial charge in [0.05, 0.1) is 11.7 Å². The Morgan fingerprint density at radius 2 is 1.83 bits per heavy atom. The first-order chi connectivity index (χ1) is 14.6. The van der Waals surface area contributed by atoms with Crippen LogP contribution in [0.2, 0.25) is 0 Å². The minimum atomic E-state index is -0.324. The number of fused-ring (bicyclic) bond motifs is 2. The molecule has 1 aromatic carbocycles. The van der Waals surface area contributed by atoms with E-state index >= 15 is 0 Å². The molecule has 10 heteroatoms. The first-order valence-corrected chi connectivity index (χ1v) is 10.7. The standard InChI is InChI=1S/C20H17BrFN7O/c21-16-9-23-17-18(27-16)28(13-3-4-13)20(30)29(17)14-6-12(7-14)25-19-24-8-10-1-2-11(22)5-15(10)26-19/h1-2,5,8-9,12-14H,3-4,6-7H2,(H,24,25,26). The zero-order valence-corrected chi connectivity index (χ0v) is 17.4. The summed E-state index contributed by atoms with van der Waals surface area (Å²) in [5, 5.41) is 4.09. The van der Waals surface area contributed by atoms with Crippen molar-refractivity contribution in [1.82, 2.24) is 29.1 Å². The summed E-state index contributed by atoms with van der Waals surface area (Å²) >= 11 is 3.36. The van der Waals surface area contributed by atoms with Crippen LogP contribution in [0.1, 0.15) is 37.8 Å². The topological polar surface area (TPSA) is 90.5 Å². The second-order valence-corrected chi connectivity index (χ2v) is 8.77. The van der Waals surface area contributed by atoms with Crippen molar-refractivity contribution in [1.29, 1.82) is 0 Å². The molecule has 3 aromatic heterocycles. The number of nitrogens with one attached hydrogen (secondary N) is 1. The van der Waals surface area contributed by atoms with Crippen molar-refractivity contribution >= 4 is 44.1 Å². The quantitative estimate of drug-likeness (QED) is 0.491. The van der Waals surface area contributed by atoms with Crippen molar-refractivity contribution in [3.63, 3.8) is 0 Å². The highest BCUT2D eigenvalue weighted by Gasteiger charge is 2.37. The Morgan fingerprint density at radius 3 is 2.63 bits per heavy atom. The summed E-state index contributed by atoms with van der Waals surface area (Å²) in [6.45, 7) is 0. The Morgan fingerprint density at radius 1 is 1.03 bits per heavy atom. The lowest BCUT2D eigenvalue weighted by molar-refractivity contribution is 0.279. The predicted octanol–water partition coefficient (Wildman–Crippen LogP) is 3.59. The van der Waals surface area contributed by atoms with Crippen LogP contribution in [-0.2, 0) is 0 Å². The molecule has 2 aliphatic rings. The molecule has 3 heterocycles. The van der Waals surface area contributed by atoms with Gasteiger partial charge in [-0.25, -0.2) is 29.1 Å². The van der Waals surface area contributed by atoms with Crippen molar-refractivity contribution in [2.75, 3.05) is 5.32 Å². The fraction of sp³-hybridized carbons (Fsp3) is 0.350. The fourth-order valence-corrected chi connectivity index (χ4v) is 4.41. The fourth-order valence-electron chi connectivity index (χ4n) is 4.14. The molecule has 0 amide bonds. The van der Waals surface area contributed by atoms with Crippen LogP contribution < -0.4 is 11.0 Å². The average Bonchev–Trinajstić information content (AvgIpc) is 3.48. The zero-order chi connectivity index (χ0) is 20.4. The SMILES string of the molecule is O=c1n(C2CC(Nc3ncc4ccc(F)cc4n3)C2)c2ncc(Br)nc2n1C1CC1. The first kappa shape index (κ1) is 17.9. The van der Waals surface area contributed by atoms with E-state index in [1.54, 1.807) is 27.6 Å².